The molecule has 1 aliphatic rings. The first-order chi connectivity index (χ1) is 13.2. The van der Waals surface area contributed by atoms with Crippen LogP contribution in [-0.2, 0) is 4.79 Å². The number of halogens is 4. The van der Waals surface area contributed by atoms with Crippen LogP contribution in [0.3, 0.4) is 0 Å². The fourth-order valence-electron chi connectivity index (χ4n) is 3.30. The Morgan fingerprint density at radius 3 is 2.93 bits per heavy atom. The highest BCUT2D eigenvalue weighted by Crippen LogP contribution is 2.58. The summed E-state index contributed by atoms with van der Waals surface area (Å²) in [5.74, 6) is -0.926. The molecule has 1 fully saturated rings. The number of hydrogen-bond acceptors (Lipinski definition) is 4. The molecule has 1 saturated carbocycles. The third-order valence-corrected chi connectivity index (χ3v) is 5.20. The SMILES string of the molecule is CC1(C(=O)NCC(F)(F)F)CC1c1cncc(-c2c[nH]c3ncc(Cl)cc23)n1. The van der Waals surface area contributed by atoms with Gasteiger partial charge in [-0.2, -0.15) is 13.2 Å². The number of rotatable bonds is 4. The molecular formula is C18H15ClF3N5O. The largest absolute Gasteiger partial charge is 0.405 e. The minimum atomic E-state index is -4.44. The van der Waals surface area contributed by atoms with Gasteiger partial charge in [0.2, 0.25) is 5.91 Å². The molecule has 28 heavy (non-hydrogen) atoms. The molecule has 0 radical (unpaired) electrons. The molecule has 2 N–H and O–H groups in total. The number of pyridine rings is 1. The summed E-state index contributed by atoms with van der Waals surface area (Å²) in [5, 5.41) is 3.22. The normalized spacial score (nSPS) is 21.7. The molecule has 0 spiro atoms. The Morgan fingerprint density at radius 2 is 2.18 bits per heavy atom. The molecule has 6 nitrogen and oxygen atoms in total. The third kappa shape index (κ3) is 3.42. The average molecular weight is 410 g/mol. The van der Waals surface area contributed by atoms with E-state index in [0.29, 0.717) is 28.5 Å². The molecule has 2 atom stereocenters. The van der Waals surface area contributed by atoms with Gasteiger partial charge in [0, 0.05) is 35.5 Å². The van der Waals surface area contributed by atoms with Crippen molar-refractivity contribution in [2.75, 3.05) is 6.54 Å². The zero-order valence-corrected chi connectivity index (χ0v) is 15.4. The number of aromatic nitrogens is 4. The molecule has 2 unspecified atom stereocenters. The minimum absolute atomic E-state index is 0.292. The fourth-order valence-corrected chi connectivity index (χ4v) is 3.46. The van der Waals surface area contributed by atoms with E-state index in [1.54, 1.807) is 25.4 Å². The molecule has 1 amide bonds. The summed E-state index contributed by atoms with van der Waals surface area (Å²) in [6.07, 6.45) is 2.36. The van der Waals surface area contributed by atoms with Crippen molar-refractivity contribution in [3.05, 3.63) is 41.6 Å². The predicted molar refractivity (Wildman–Crippen MR) is 96.7 cm³/mol. The molecule has 0 aliphatic heterocycles. The number of nitrogens with one attached hydrogen (secondary N) is 2. The van der Waals surface area contributed by atoms with E-state index in [-0.39, 0.29) is 5.92 Å². The van der Waals surface area contributed by atoms with Crippen molar-refractivity contribution in [2.45, 2.75) is 25.4 Å². The van der Waals surface area contributed by atoms with Crippen molar-refractivity contribution in [2.24, 2.45) is 5.41 Å². The van der Waals surface area contributed by atoms with Gasteiger partial charge in [-0.25, -0.2) is 9.97 Å². The summed E-state index contributed by atoms with van der Waals surface area (Å²) in [6, 6.07) is 1.76. The monoisotopic (exact) mass is 409 g/mol. The van der Waals surface area contributed by atoms with Gasteiger partial charge in [0.05, 0.1) is 28.0 Å². The smallest absolute Gasteiger partial charge is 0.346 e. The lowest BCUT2D eigenvalue weighted by Crippen LogP contribution is -2.38. The second kappa shape index (κ2) is 6.44. The fraction of sp³-hybridized carbons (Fsp3) is 0.333. The van der Waals surface area contributed by atoms with Gasteiger partial charge in [-0.15, -0.1) is 0 Å². The number of fused-ring (bicyclic) bond motifs is 1. The number of H-pyrrole nitrogens is 1. The van der Waals surface area contributed by atoms with Crippen LogP contribution in [0.4, 0.5) is 13.2 Å². The molecule has 3 heterocycles. The van der Waals surface area contributed by atoms with Gasteiger partial charge in [-0.05, 0) is 12.5 Å². The molecule has 146 valence electrons. The van der Waals surface area contributed by atoms with Gasteiger partial charge < -0.3 is 10.3 Å². The minimum Gasteiger partial charge on any atom is -0.346 e. The van der Waals surface area contributed by atoms with Crippen molar-refractivity contribution >= 4 is 28.5 Å². The Morgan fingerprint density at radius 1 is 1.39 bits per heavy atom. The van der Waals surface area contributed by atoms with Crippen molar-refractivity contribution in [3.8, 4) is 11.3 Å². The van der Waals surface area contributed by atoms with Crippen molar-refractivity contribution in [1.29, 1.82) is 0 Å². The Kier molecular flexibility index (Phi) is 4.29. The Hall–Kier alpha value is -2.68. The maximum atomic E-state index is 12.4. The zero-order valence-electron chi connectivity index (χ0n) is 14.6. The summed E-state index contributed by atoms with van der Waals surface area (Å²) in [5.41, 5.74) is 1.60. The summed E-state index contributed by atoms with van der Waals surface area (Å²) in [6.45, 7) is 0.288. The van der Waals surface area contributed by atoms with Crippen LogP contribution in [0.25, 0.3) is 22.3 Å². The van der Waals surface area contributed by atoms with E-state index in [9.17, 15) is 18.0 Å². The van der Waals surface area contributed by atoms with E-state index in [4.69, 9.17) is 11.6 Å². The first kappa shape index (κ1) is 18.7. The molecule has 4 rings (SSSR count). The average Bonchev–Trinajstić information content (AvgIpc) is 3.17. The Balaban J connectivity index is 1.58. The lowest BCUT2D eigenvalue weighted by Gasteiger charge is -2.13. The van der Waals surface area contributed by atoms with Crippen LogP contribution in [0.15, 0.2) is 30.9 Å². The lowest BCUT2D eigenvalue weighted by atomic mass is 10.0. The van der Waals surface area contributed by atoms with Gasteiger partial charge in [-0.3, -0.25) is 9.78 Å². The zero-order chi connectivity index (χ0) is 20.1. The van der Waals surface area contributed by atoms with Gasteiger partial charge >= 0.3 is 6.18 Å². The van der Waals surface area contributed by atoms with Crippen LogP contribution >= 0.6 is 11.6 Å². The molecule has 3 aromatic heterocycles. The number of carbonyl (C=O) groups excluding carboxylic acids is 1. The van der Waals surface area contributed by atoms with Gasteiger partial charge in [-0.1, -0.05) is 18.5 Å². The van der Waals surface area contributed by atoms with Crippen LogP contribution in [0.1, 0.15) is 25.0 Å². The number of nitrogens with zero attached hydrogens (tertiary/aromatic N) is 3. The Labute approximate surface area is 162 Å². The number of aromatic amines is 1. The highest BCUT2D eigenvalue weighted by Gasteiger charge is 2.57. The second-order valence-corrected chi connectivity index (χ2v) is 7.49. The van der Waals surface area contributed by atoms with E-state index >= 15 is 0 Å². The Bertz CT molecular complexity index is 1070. The molecule has 10 heteroatoms. The summed E-state index contributed by atoms with van der Waals surface area (Å²) in [7, 11) is 0. The predicted octanol–water partition coefficient (Wildman–Crippen LogP) is 3.85. The van der Waals surface area contributed by atoms with Crippen LogP contribution < -0.4 is 5.32 Å². The standard InChI is InChI=1S/C18H15ClF3N5O/c1-17(16(28)26-8-18(20,21)22)3-12(17)14-7-23-6-13(27-14)11-5-25-15-10(11)2-9(19)4-24-15/h2,4-7,12H,3,8H2,1H3,(H,24,25)(H,26,28). The van der Waals surface area contributed by atoms with Crippen molar-refractivity contribution in [3.63, 3.8) is 0 Å². The van der Waals surface area contributed by atoms with Crippen LogP contribution in [-0.4, -0.2) is 38.6 Å². The molecular weight excluding hydrogens is 395 g/mol. The second-order valence-electron chi connectivity index (χ2n) is 7.05. The molecule has 1 aliphatic carbocycles. The van der Waals surface area contributed by atoms with E-state index in [1.165, 1.54) is 12.4 Å². The summed E-state index contributed by atoms with van der Waals surface area (Å²) < 4.78 is 37.1. The molecule has 0 bridgehead atoms. The number of carbonyl (C=O) groups is 1. The highest BCUT2D eigenvalue weighted by atomic mass is 35.5. The third-order valence-electron chi connectivity index (χ3n) is 4.99. The number of hydrogen-bond donors (Lipinski definition) is 2. The van der Waals surface area contributed by atoms with Crippen LogP contribution in [0.5, 0.6) is 0 Å². The van der Waals surface area contributed by atoms with Crippen molar-refractivity contribution < 1.29 is 18.0 Å². The van der Waals surface area contributed by atoms with Gasteiger partial charge in [0.15, 0.2) is 0 Å². The van der Waals surface area contributed by atoms with Gasteiger partial charge in [0.25, 0.3) is 0 Å². The highest BCUT2D eigenvalue weighted by molar-refractivity contribution is 6.31. The van der Waals surface area contributed by atoms with Crippen LogP contribution in [0, 0.1) is 5.41 Å². The van der Waals surface area contributed by atoms with E-state index in [0.717, 1.165) is 10.9 Å². The summed E-state index contributed by atoms with van der Waals surface area (Å²) >= 11 is 6.02. The molecule has 0 saturated heterocycles. The van der Waals surface area contributed by atoms with E-state index < -0.39 is 24.0 Å². The quantitative estimate of drug-likeness (QED) is 0.685. The maximum Gasteiger partial charge on any atom is 0.405 e. The van der Waals surface area contributed by atoms with Gasteiger partial charge in [0.1, 0.15) is 12.2 Å². The number of alkyl halides is 3. The van der Waals surface area contributed by atoms with E-state index in [2.05, 4.69) is 19.9 Å². The molecule has 0 aromatic carbocycles. The topological polar surface area (TPSA) is 83.6 Å². The first-order valence-electron chi connectivity index (χ1n) is 8.47. The van der Waals surface area contributed by atoms with Crippen LogP contribution in [0.2, 0.25) is 5.02 Å². The number of amides is 1. The maximum absolute atomic E-state index is 12.4. The first-order valence-corrected chi connectivity index (χ1v) is 8.85. The lowest BCUT2D eigenvalue weighted by molar-refractivity contribution is -0.141. The van der Waals surface area contributed by atoms with E-state index in [1.807, 2.05) is 5.32 Å². The molecule has 3 aromatic rings. The van der Waals surface area contributed by atoms with Crippen molar-refractivity contribution in [1.82, 2.24) is 25.3 Å². The summed E-state index contributed by atoms with van der Waals surface area (Å²) in [4.78, 5) is 28.2.